The number of fused-ring (bicyclic) bond motifs is 1. The molecule has 1 aromatic carbocycles. The van der Waals surface area contributed by atoms with Gasteiger partial charge in [-0.05, 0) is 31.0 Å². The predicted octanol–water partition coefficient (Wildman–Crippen LogP) is 2.22. The molecule has 0 radical (unpaired) electrons. The van der Waals surface area contributed by atoms with Gasteiger partial charge in [0.1, 0.15) is 0 Å². The van der Waals surface area contributed by atoms with Crippen LogP contribution in [0.25, 0.3) is 0 Å². The van der Waals surface area contributed by atoms with E-state index in [-0.39, 0.29) is 35.6 Å². The van der Waals surface area contributed by atoms with Crippen LogP contribution in [-0.2, 0) is 9.59 Å². The van der Waals surface area contributed by atoms with Crippen LogP contribution in [0, 0.1) is 11.8 Å². The van der Waals surface area contributed by atoms with Crippen molar-refractivity contribution in [2.24, 2.45) is 11.8 Å². The summed E-state index contributed by atoms with van der Waals surface area (Å²) in [6, 6.07) is 7.06. The Bertz CT molecular complexity index is 728. The fourth-order valence-electron chi connectivity index (χ4n) is 3.77. The molecule has 2 saturated heterocycles. The summed E-state index contributed by atoms with van der Waals surface area (Å²) < 4.78 is 0.854. The lowest BCUT2D eigenvalue weighted by Crippen LogP contribution is -2.62. The quantitative estimate of drug-likeness (QED) is 0.576. The first-order valence-electron chi connectivity index (χ1n) is 8.13. The SMILES string of the molecule is O=C(c1cccc(Br)c1)N1CC(N2C(=O)C3CC=CCC3C2=O)C1. The van der Waals surface area contributed by atoms with Crippen molar-refractivity contribution < 1.29 is 14.4 Å². The van der Waals surface area contributed by atoms with E-state index in [0.29, 0.717) is 31.5 Å². The minimum Gasteiger partial charge on any atom is -0.334 e. The molecule has 2 atom stereocenters. The Morgan fingerprint density at radius 3 is 2.25 bits per heavy atom. The summed E-state index contributed by atoms with van der Waals surface area (Å²) in [6.07, 6.45) is 5.28. The summed E-state index contributed by atoms with van der Waals surface area (Å²) in [5.74, 6) is -0.580. The highest BCUT2D eigenvalue weighted by Crippen LogP contribution is 2.37. The summed E-state index contributed by atoms with van der Waals surface area (Å²) >= 11 is 3.36. The number of benzene rings is 1. The van der Waals surface area contributed by atoms with E-state index in [9.17, 15) is 14.4 Å². The third-order valence-electron chi connectivity index (χ3n) is 5.13. The van der Waals surface area contributed by atoms with E-state index in [2.05, 4.69) is 15.9 Å². The summed E-state index contributed by atoms with van der Waals surface area (Å²) in [6.45, 7) is 0.853. The van der Waals surface area contributed by atoms with Crippen molar-refractivity contribution in [3.05, 3.63) is 46.5 Å². The highest BCUT2D eigenvalue weighted by molar-refractivity contribution is 9.10. The van der Waals surface area contributed by atoms with Gasteiger partial charge in [0.2, 0.25) is 11.8 Å². The van der Waals surface area contributed by atoms with E-state index < -0.39 is 0 Å². The molecule has 0 bridgehead atoms. The highest BCUT2D eigenvalue weighted by Gasteiger charge is 2.52. The van der Waals surface area contributed by atoms with Gasteiger partial charge >= 0.3 is 0 Å². The molecule has 0 spiro atoms. The van der Waals surface area contributed by atoms with Gasteiger partial charge in [-0.25, -0.2) is 0 Å². The van der Waals surface area contributed by atoms with E-state index in [1.165, 1.54) is 4.90 Å². The number of nitrogens with zero attached hydrogens (tertiary/aromatic N) is 2. The summed E-state index contributed by atoms with van der Waals surface area (Å²) in [5.41, 5.74) is 0.611. The molecule has 3 aliphatic rings. The number of carbonyl (C=O) groups is 3. The van der Waals surface area contributed by atoms with Crippen LogP contribution < -0.4 is 0 Å². The third-order valence-corrected chi connectivity index (χ3v) is 5.62. The maximum Gasteiger partial charge on any atom is 0.254 e. The Morgan fingerprint density at radius 2 is 1.67 bits per heavy atom. The molecule has 6 heteroatoms. The number of hydrogen-bond donors (Lipinski definition) is 0. The fourth-order valence-corrected chi connectivity index (χ4v) is 4.17. The van der Waals surface area contributed by atoms with Crippen LogP contribution in [0.3, 0.4) is 0 Å². The van der Waals surface area contributed by atoms with E-state index in [1.54, 1.807) is 17.0 Å². The van der Waals surface area contributed by atoms with Crippen LogP contribution in [0.1, 0.15) is 23.2 Å². The molecule has 124 valence electrons. The topological polar surface area (TPSA) is 57.7 Å². The second kappa shape index (κ2) is 5.84. The molecule has 24 heavy (non-hydrogen) atoms. The van der Waals surface area contributed by atoms with Crippen molar-refractivity contribution >= 4 is 33.7 Å². The van der Waals surface area contributed by atoms with Crippen LogP contribution in [0.15, 0.2) is 40.9 Å². The molecule has 2 aliphatic heterocycles. The number of rotatable bonds is 2. The first-order chi connectivity index (χ1) is 11.6. The lowest BCUT2D eigenvalue weighted by molar-refractivity contribution is -0.145. The van der Waals surface area contributed by atoms with Crippen molar-refractivity contribution in [3.8, 4) is 0 Å². The monoisotopic (exact) mass is 388 g/mol. The van der Waals surface area contributed by atoms with Crippen LogP contribution in [0.2, 0.25) is 0 Å². The van der Waals surface area contributed by atoms with Crippen LogP contribution in [-0.4, -0.2) is 46.7 Å². The Balaban J connectivity index is 1.43. The van der Waals surface area contributed by atoms with Gasteiger partial charge in [0.25, 0.3) is 5.91 Å². The molecule has 4 rings (SSSR count). The highest BCUT2D eigenvalue weighted by atomic mass is 79.9. The Kier molecular flexibility index (Phi) is 3.79. The predicted molar refractivity (Wildman–Crippen MR) is 91.0 cm³/mol. The molecule has 0 saturated carbocycles. The zero-order valence-corrected chi connectivity index (χ0v) is 14.6. The third kappa shape index (κ3) is 2.40. The molecular formula is C18H17BrN2O3. The molecule has 1 aromatic rings. The van der Waals surface area contributed by atoms with E-state index in [1.807, 2.05) is 24.3 Å². The molecule has 3 amide bonds. The molecule has 5 nitrogen and oxygen atoms in total. The number of amides is 3. The van der Waals surface area contributed by atoms with Crippen molar-refractivity contribution in [2.45, 2.75) is 18.9 Å². The van der Waals surface area contributed by atoms with Gasteiger partial charge in [-0.3, -0.25) is 19.3 Å². The average molecular weight is 389 g/mol. The maximum absolute atomic E-state index is 12.5. The number of likely N-dealkylation sites (tertiary alicyclic amines) is 2. The largest absolute Gasteiger partial charge is 0.334 e. The van der Waals surface area contributed by atoms with Crippen molar-refractivity contribution in [3.63, 3.8) is 0 Å². The number of allylic oxidation sites excluding steroid dienone is 2. The maximum atomic E-state index is 12.5. The number of carbonyl (C=O) groups excluding carboxylic acids is 3. The van der Waals surface area contributed by atoms with Crippen molar-refractivity contribution in [1.82, 2.24) is 9.80 Å². The van der Waals surface area contributed by atoms with Crippen LogP contribution >= 0.6 is 15.9 Å². The first-order valence-corrected chi connectivity index (χ1v) is 8.92. The number of hydrogen-bond acceptors (Lipinski definition) is 3. The number of halogens is 1. The van der Waals surface area contributed by atoms with Gasteiger partial charge in [-0.1, -0.05) is 34.1 Å². The van der Waals surface area contributed by atoms with Crippen molar-refractivity contribution in [1.29, 1.82) is 0 Å². The Hall–Kier alpha value is -1.95. The van der Waals surface area contributed by atoms with Gasteiger partial charge in [0.15, 0.2) is 0 Å². The normalized spacial score (nSPS) is 26.5. The van der Waals surface area contributed by atoms with Gasteiger partial charge in [-0.2, -0.15) is 0 Å². The molecule has 2 fully saturated rings. The van der Waals surface area contributed by atoms with Gasteiger partial charge in [0.05, 0.1) is 17.9 Å². The smallest absolute Gasteiger partial charge is 0.254 e. The Morgan fingerprint density at radius 1 is 1.04 bits per heavy atom. The second-order valence-corrected chi connectivity index (χ2v) is 7.49. The summed E-state index contributed by atoms with van der Waals surface area (Å²) in [5, 5.41) is 0. The van der Waals surface area contributed by atoms with Crippen LogP contribution in [0.5, 0.6) is 0 Å². The lowest BCUT2D eigenvalue weighted by atomic mass is 9.85. The van der Waals surface area contributed by atoms with Gasteiger partial charge < -0.3 is 4.90 Å². The second-order valence-electron chi connectivity index (χ2n) is 6.58. The van der Waals surface area contributed by atoms with Crippen molar-refractivity contribution in [2.75, 3.05) is 13.1 Å². The van der Waals surface area contributed by atoms with Gasteiger partial charge in [0, 0.05) is 23.1 Å². The van der Waals surface area contributed by atoms with Crippen LogP contribution in [0.4, 0.5) is 0 Å². The molecule has 0 aromatic heterocycles. The molecular weight excluding hydrogens is 372 g/mol. The zero-order valence-electron chi connectivity index (χ0n) is 13.0. The van der Waals surface area contributed by atoms with Gasteiger partial charge in [-0.15, -0.1) is 0 Å². The Labute approximate surface area is 148 Å². The summed E-state index contributed by atoms with van der Waals surface area (Å²) in [4.78, 5) is 40.6. The van der Waals surface area contributed by atoms with E-state index in [4.69, 9.17) is 0 Å². The lowest BCUT2D eigenvalue weighted by Gasteiger charge is -2.43. The first kappa shape index (κ1) is 15.6. The molecule has 0 N–H and O–H groups in total. The minimum atomic E-state index is -0.197. The fraction of sp³-hybridized carbons (Fsp3) is 0.389. The molecule has 2 unspecified atom stereocenters. The number of imide groups is 1. The molecule has 1 aliphatic carbocycles. The minimum absolute atomic E-state index is 0.0612. The zero-order chi connectivity index (χ0) is 16.8. The summed E-state index contributed by atoms with van der Waals surface area (Å²) in [7, 11) is 0. The average Bonchev–Trinajstić information content (AvgIpc) is 2.79. The van der Waals surface area contributed by atoms with E-state index in [0.717, 1.165) is 4.47 Å². The standard InChI is InChI=1S/C18H17BrN2O3/c19-12-5-3-4-11(8-12)16(22)20-9-13(10-20)21-17(23)14-6-1-2-7-15(14)18(21)24/h1-5,8,13-15H,6-7,9-10H2. The molecule has 2 heterocycles. The van der Waals surface area contributed by atoms with E-state index >= 15 is 0 Å².